The van der Waals surface area contributed by atoms with Crippen LogP contribution in [0.25, 0.3) is 0 Å². The van der Waals surface area contributed by atoms with Gasteiger partial charge in [-0.15, -0.1) is 0 Å². The summed E-state index contributed by atoms with van der Waals surface area (Å²) in [4.78, 5) is 22.2. The molecule has 0 unspecified atom stereocenters. The molecule has 1 amide bonds. The molecule has 0 aromatic carbocycles. The second-order valence-corrected chi connectivity index (χ2v) is 5.10. The molecular weight excluding hydrogens is 288 g/mol. The van der Waals surface area contributed by atoms with Crippen LogP contribution in [-0.4, -0.2) is 30.4 Å². The molecule has 2 rings (SSSR count). The summed E-state index contributed by atoms with van der Waals surface area (Å²) in [5, 5.41) is 21.8. The van der Waals surface area contributed by atoms with E-state index in [2.05, 4.69) is 15.5 Å². The van der Waals surface area contributed by atoms with E-state index in [1.54, 1.807) is 4.68 Å². The first-order valence-corrected chi connectivity index (χ1v) is 6.73. The molecule has 118 valence electrons. The Hall–Kier alpha value is -2.71. The lowest BCUT2D eigenvalue weighted by molar-refractivity contribution is -0.385. The van der Waals surface area contributed by atoms with E-state index in [1.807, 2.05) is 20.9 Å². The molecule has 9 heteroatoms. The quantitative estimate of drug-likeness (QED) is 0.648. The van der Waals surface area contributed by atoms with Gasteiger partial charge in [0.05, 0.1) is 10.6 Å². The Kier molecular flexibility index (Phi) is 4.25. The van der Waals surface area contributed by atoms with E-state index in [1.165, 1.54) is 17.8 Å². The SMILES string of the molecule is Cc1nn(CC(=O)NCc2c(C)nn(C)c2C)cc1[N+](=O)[O-]. The number of amides is 1. The predicted molar refractivity (Wildman–Crippen MR) is 78.1 cm³/mol. The lowest BCUT2D eigenvalue weighted by atomic mass is 10.2. The molecule has 0 fully saturated rings. The summed E-state index contributed by atoms with van der Waals surface area (Å²) in [6, 6.07) is 0. The van der Waals surface area contributed by atoms with Crippen molar-refractivity contribution in [3.8, 4) is 0 Å². The Balaban J connectivity index is 1.99. The summed E-state index contributed by atoms with van der Waals surface area (Å²) in [6.07, 6.45) is 1.26. The minimum absolute atomic E-state index is 0.0625. The number of nitro groups is 1. The standard InChI is InChI=1S/C13H18N6O3/c1-8-11(10(3)17(4)15-8)5-14-13(20)7-18-6-12(19(21)22)9(2)16-18/h6H,5,7H2,1-4H3,(H,14,20). The summed E-state index contributed by atoms with van der Waals surface area (Å²) in [5.74, 6) is -0.264. The molecule has 0 aliphatic carbocycles. The van der Waals surface area contributed by atoms with Crippen molar-refractivity contribution in [2.45, 2.75) is 33.9 Å². The zero-order valence-corrected chi connectivity index (χ0v) is 13.0. The number of nitrogens with zero attached hydrogens (tertiary/aromatic N) is 5. The van der Waals surface area contributed by atoms with Crippen molar-refractivity contribution in [2.75, 3.05) is 0 Å². The molecule has 0 saturated heterocycles. The van der Waals surface area contributed by atoms with Gasteiger partial charge in [0, 0.05) is 24.8 Å². The maximum Gasteiger partial charge on any atom is 0.309 e. The van der Waals surface area contributed by atoms with Gasteiger partial charge in [0.1, 0.15) is 18.4 Å². The second-order valence-electron chi connectivity index (χ2n) is 5.10. The number of hydrogen-bond donors (Lipinski definition) is 1. The van der Waals surface area contributed by atoms with Gasteiger partial charge in [0.25, 0.3) is 0 Å². The Morgan fingerprint density at radius 3 is 2.50 bits per heavy atom. The third-order valence-corrected chi connectivity index (χ3v) is 3.54. The van der Waals surface area contributed by atoms with Crippen molar-refractivity contribution in [3.63, 3.8) is 0 Å². The van der Waals surface area contributed by atoms with Crippen LogP contribution in [0.3, 0.4) is 0 Å². The Labute approximate surface area is 127 Å². The molecule has 22 heavy (non-hydrogen) atoms. The molecule has 0 atom stereocenters. The highest BCUT2D eigenvalue weighted by atomic mass is 16.6. The number of aryl methyl sites for hydroxylation is 3. The van der Waals surface area contributed by atoms with Crippen LogP contribution in [-0.2, 0) is 24.9 Å². The number of aromatic nitrogens is 4. The van der Waals surface area contributed by atoms with Crippen molar-refractivity contribution in [1.82, 2.24) is 24.9 Å². The van der Waals surface area contributed by atoms with Crippen LogP contribution in [0.1, 0.15) is 22.6 Å². The van der Waals surface area contributed by atoms with Crippen LogP contribution >= 0.6 is 0 Å². The van der Waals surface area contributed by atoms with Crippen molar-refractivity contribution in [3.05, 3.63) is 39.0 Å². The molecule has 0 bridgehead atoms. The first-order chi connectivity index (χ1) is 10.3. The fraction of sp³-hybridized carbons (Fsp3) is 0.462. The van der Waals surface area contributed by atoms with E-state index in [4.69, 9.17) is 0 Å². The third kappa shape index (κ3) is 3.13. The van der Waals surface area contributed by atoms with Crippen LogP contribution in [0.15, 0.2) is 6.20 Å². The fourth-order valence-corrected chi connectivity index (χ4v) is 2.23. The van der Waals surface area contributed by atoms with Gasteiger partial charge in [-0.2, -0.15) is 10.2 Å². The van der Waals surface area contributed by atoms with Gasteiger partial charge in [-0.05, 0) is 20.8 Å². The highest BCUT2D eigenvalue weighted by Crippen LogP contribution is 2.15. The molecular formula is C13H18N6O3. The maximum absolute atomic E-state index is 11.9. The largest absolute Gasteiger partial charge is 0.350 e. The van der Waals surface area contributed by atoms with Gasteiger partial charge in [0.2, 0.25) is 5.91 Å². The molecule has 1 N–H and O–H groups in total. The van der Waals surface area contributed by atoms with Crippen LogP contribution in [0, 0.1) is 30.9 Å². The van der Waals surface area contributed by atoms with Crippen LogP contribution in [0.5, 0.6) is 0 Å². The first-order valence-electron chi connectivity index (χ1n) is 6.73. The average Bonchev–Trinajstić information content (AvgIpc) is 2.89. The van der Waals surface area contributed by atoms with Gasteiger partial charge in [-0.1, -0.05) is 0 Å². The molecule has 0 radical (unpaired) electrons. The minimum Gasteiger partial charge on any atom is -0.350 e. The smallest absolute Gasteiger partial charge is 0.309 e. The zero-order valence-electron chi connectivity index (χ0n) is 13.0. The molecule has 2 aromatic heterocycles. The number of carbonyl (C=O) groups is 1. The molecule has 2 aromatic rings. The number of nitrogens with one attached hydrogen (secondary N) is 1. The topological polar surface area (TPSA) is 108 Å². The van der Waals surface area contributed by atoms with Crippen molar-refractivity contribution in [1.29, 1.82) is 0 Å². The highest BCUT2D eigenvalue weighted by Gasteiger charge is 2.17. The van der Waals surface area contributed by atoms with E-state index >= 15 is 0 Å². The lowest BCUT2D eigenvalue weighted by Gasteiger charge is -2.06. The molecule has 2 heterocycles. The van der Waals surface area contributed by atoms with Crippen LogP contribution in [0.4, 0.5) is 5.69 Å². The van der Waals surface area contributed by atoms with Crippen molar-refractivity contribution < 1.29 is 9.72 Å². The van der Waals surface area contributed by atoms with Crippen molar-refractivity contribution >= 4 is 11.6 Å². The van der Waals surface area contributed by atoms with Gasteiger partial charge in [-0.3, -0.25) is 24.3 Å². The Morgan fingerprint density at radius 1 is 1.32 bits per heavy atom. The molecule has 0 saturated carbocycles. The number of hydrogen-bond acceptors (Lipinski definition) is 5. The lowest BCUT2D eigenvalue weighted by Crippen LogP contribution is -2.27. The minimum atomic E-state index is -0.515. The van der Waals surface area contributed by atoms with E-state index in [0.717, 1.165) is 17.0 Å². The second kappa shape index (κ2) is 5.96. The first kappa shape index (κ1) is 15.7. The average molecular weight is 306 g/mol. The van der Waals surface area contributed by atoms with Gasteiger partial charge in [0.15, 0.2) is 0 Å². The fourth-order valence-electron chi connectivity index (χ4n) is 2.23. The summed E-state index contributed by atoms with van der Waals surface area (Å²) >= 11 is 0. The van der Waals surface area contributed by atoms with Crippen LogP contribution in [0.2, 0.25) is 0 Å². The third-order valence-electron chi connectivity index (χ3n) is 3.54. The normalized spacial score (nSPS) is 10.7. The monoisotopic (exact) mass is 306 g/mol. The van der Waals surface area contributed by atoms with E-state index < -0.39 is 4.92 Å². The zero-order chi connectivity index (χ0) is 16.4. The van der Waals surface area contributed by atoms with Gasteiger partial charge < -0.3 is 5.32 Å². The Morgan fingerprint density at radius 2 is 2.00 bits per heavy atom. The molecule has 0 aliphatic rings. The summed E-state index contributed by atoms with van der Waals surface area (Å²) in [6.45, 7) is 5.66. The van der Waals surface area contributed by atoms with E-state index in [-0.39, 0.29) is 23.8 Å². The van der Waals surface area contributed by atoms with E-state index in [9.17, 15) is 14.9 Å². The molecule has 0 aliphatic heterocycles. The Bertz CT molecular complexity index is 730. The summed E-state index contributed by atoms with van der Waals surface area (Å²) < 4.78 is 3.03. The summed E-state index contributed by atoms with van der Waals surface area (Å²) in [5.41, 5.74) is 3.02. The summed E-state index contributed by atoms with van der Waals surface area (Å²) in [7, 11) is 1.85. The highest BCUT2D eigenvalue weighted by molar-refractivity contribution is 5.75. The van der Waals surface area contributed by atoms with Crippen molar-refractivity contribution in [2.24, 2.45) is 7.05 Å². The van der Waals surface area contributed by atoms with Gasteiger partial charge >= 0.3 is 5.69 Å². The van der Waals surface area contributed by atoms with E-state index in [0.29, 0.717) is 6.54 Å². The molecule has 0 spiro atoms. The maximum atomic E-state index is 11.9. The van der Waals surface area contributed by atoms with Gasteiger partial charge in [-0.25, -0.2) is 0 Å². The predicted octanol–water partition coefficient (Wildman–Crippen LogP) is 0.766. The van der Waals surface area contributed by atoms with Crippen LogP contribution < -0.4 is 5.32 Å². The number of carbonyl (C=O) groups excluding carboxylic acids is 1. The number of rotatable bonds is 5. The molecule has 9 nitrogen and oxygen atoms in total.